The van der Waals surface area contributed by atoms with Crippen molar-refractivity contribution in [1.29, 1.82) is 0 Å². The average Bonchev–Trinajstić information content (AvgIpc) is 2.86. The van der Waals surface area contributed by atoms with E-state index in [1.165, 1.54) is 0 Å². The van der Waals surface area contributed by atoms with E-state index in [0.717, 1.165) is 29.2 Å². The summed E-state index contributed by atoms with van der Waals surface area (Å²) in [5.74, 6) is 0. The lowest BCUT2D eigenvalue weighted by Gasteiger charge is -2.13. The smallest absolute Gasteiger partial charge is 0.0850 e. The Morgan fingerprint density at radius 3 is 2.47 bits per heavy atom. The van der Waals surface area contributed by atoms with Crippen LogP contribution in [0.15, 0.2) is 48.5 Å². The minimum atomic E-state index is -0.0658. The number of rotatable bonds is 2. The summed E-state index contributed by atoms with van der Waals surface area (Å²) in [6.07, 6.45) is 0. The van der Waals surface area contributed by atoms with Gasteiger partial charge < -0.3 is 16.4 Å². The largest absolute Gasteiger partial charge is 0.366 e. The fourth-order valence-corrected chi connectivity index (χ4v) is 2.14. The predicted molar refractivity (Wildman–Crippen MR) is 71.0 cm³/mol. The fraction of sp³-hybridized carbons (Fsp3) is 0.143. The van der Waals surface area contributed by atoms with Crippen molar-refractivity contribution < 1.29 is 0 Å². The zero-order valence-corrected chi connectivity index (χ0v) is 9.48. The molecule has 0 amide bonds. The van der Waals surface area contributed by atoms with Gasteiger partial charge in [-0.2, -0.15) is 0 Å². The summed E-state index contributed by atoms with van der Waals surface area (Å²) in [6.45, 7) is 0.791. The zero-order chi connectivity index (χ0) is 11.7. The lowest BCUT2D eigenvalue weighted by atomic mass is 9.99. The van der Waals surface area contributed by atoms with Crippen molar-refractivity contribution in [2.45, 2.75) is 6.04 Å². The highest BCUT2D eigenvalue weighted by Gasteiger charge is 2.13. The van der Waals surface area contributed by atoms with E-state index < -0.39 is 0 Å². The van der Waals surface area contributed by atoms with Gasteiger partial charge >= 0.3 is 0 Å². The van der Waals surface area contributed by atoms with Gasteiger partial charge in [0.1, 0.15) is 0 Å². The molecule has 0 saturated heterocycles. The molecule has 0 aliphatic carbocycles. The molecule has 1 atom stereocenters. The van der Waals surface area contributed by atoms with Crippen molar-refractivity contribution >= 4 is 11.4 Å². The molecule has 0 bridgehead atoms. The van der Waals surface area contributed by atoms with Gasteiger partial charge in [-0.3, -0.25) is 0 Å². The predicted octanol–water partition coefficient (Wildman–Crippen LogP) is 2.53. The highest BCUT2D eigenvalue weighted by molar-refractivity contribution is 5.74. The molecule has 0 spiro atoms. The molecule has 0 fully saturated rings. The third-order valence-corrected chi connectivity index (χ3v) is 3.12. The monoisotopic (exact) mass is 225 g/mol. The van der Waals surface area contributed by atoms with Crippen LogP contribution in [0.3, 0.4) is 0 Å². The van der Waals surface area contributed by atoms with Gasteiger partial charge in [0.25, 0.3) is 0 Å². The Balaban J connectivity index is 1.94. The zero-order valence-electron chi connectivity index (χ0n) is 9.48. The first-order chi connectivity index (χ1) is 8.34. The third-order valence-electron chi connectivity index (χ3n) is 3.12. The number of nitrogens with two attached hydrogens (primary N) is 1. The Kier molecular flexibility index (Phi) is 2.46. The number of anilines is 2. The number of benzene rings is 2. The quantitative estimate of drug-likeness (QED) is 0.736. The van der Waals surface area contributed by atoms with Crippen molar-refractivity contribution in [3.05, 3.63) is 59.7 Å². The minimum absolute atomic E-state index is 0.0658. The standard InChI is InChI=1S/C14H15N3/c15-14(10-4-2-1-3-5-10)11-6-7-12-13(8-11)17-9-16-12/h1-8,14,16-17H,9,15H2. The molecule has 1 unspecified atom stereocenters. The Hall–Kier alpha value is -2.00. The molecule has 3 rings (SSSR count). The van der Waals surface area contributed by atoms with Crippen LogP contribution in [0.4, 0.5) is 11.4 Å². The highest BCUT2D eigenvalue weighted by Crippen LogP contribution is 2.30. The van der Waals surface area contributed by atoms with Crippen LogP contribution in [-0.2, 0) is 0 Å². The second-order valence-corrected chi connectivity index (χ2v) is 4.22. The summed E-state index contributed by atoms with van der Waals surface area (Å²) >= 11 is 0. The summed E-state index contributed by atoms with van der Waals surface area (Å²) in [7, 11) is 0. The topological polar surface area (TPSA) is 50.1 Å². The SMILES string of the molecule is NC(c1ccccc1)c1ccc2c(c1)NCN2. The normalized spacial score (nSPS) is 14.6. The number of hydrogen-bond donors (Lipinski definition) is 3. The Morgan fingerprint density at radius 2 is 1.65 bits per heavy atom. The molecule has 2 aromatic rings. The van der Waals surface area contributed by atoms with E-state index in [-0.39, 0.29) is 6.04 Å². The van der Waals surface area contributed by atoms with Crippen molar-refractivity contribution in [3.8, 4) is 0 Å². The first-order valence-electron chi connectivity index (χ1n) is 5.77. The van der Waals surface area contributed by atoms with Gasteiger partial charge in [-0.05, 0) is 23.3 Å². The van der Waals surface area contributed by atoms with Crippen LogP contribution in [0, 0.1) is 0 Å². The van der Waals surface area contributed by atoms with Gasteiger partial charge in [-0.1, -0.05) is 36.4 Å². The lowest BCUT2D eigenvalue weighted by molar-refractivity contribution is 0.872. The van der Waals surface area contributed by atoms with Crippen molar-refractivity contribution in [3.63, 3.8) is 0 Å². The van der Waals surface area contributed by atoms with Gasteiger partial charge in [0.2, 0.25) is 0 Å². The molecule has 1 aliphatic heterocycles. The highest BCUT2D eigenvalue weighted by atomic mass is 15.1. The molecule has 2 aromatic carbocycles. The molecular formula is C14H15N3. The molecule has 17 heavy (non-hydrogen) atoms. The van der Waals surface area contributed by atoms with Crippen LogP contribution in [0.25, 0.3) is 0 Å². The van der Waals surface area contributed by atoms with Crippen molar-refractivity contribution in [2.24, 2.45) is 5.73 Å². The summed E-state index contributed by atoms with van der Waals surface area (Å²) in [4.78, 5) is 0. The second-order valence-electron chi connectivity index (χ2n) is 4.22. The number of hydrogen-bond acceptors (Lipinski definition) is 3. The van der Waals surface area contributed by atoms with E-state index in [2.05, 4.69) is 41.0 Å². The first-order valence-corrected chi connectivity index (χ1v) is 5.77. The van der Waals surface area contributed by atoms with E-state index in [4.69, 9.17) is 5.73 Å². The van der Waals surface area contributed by atoms with Crippen LogP contribution < -0.4 is 16.4 Å². The fourth-order valence-electron chi connectivity index (χ4n) is 2.14. The van der Waals surface area contributed by atoms with Crippen LogP contribution in [0.5, 0.6) is 0 Å². The second kappa shape index (κ2) is 4.11. The Morgan fingerprint density at radius 1 is 0.882 bits per heavy atom. The number of fused-ring (bicyclic) bond motifs is 1. The molecule has 0 aromatic heterocycles. The summed E-state index contributed by atoms with van der Waals surface area (Å²) in [6, 6.07) is 16.4. The van der Waals surface area contributed by atoms with Crippen LogP contribution in [0.2, 0.25) is 0 Å². The van der Waals surface area contributed by atoms with Gasteiger partial charge in [0.15, 0.2) is 0 Å². The third kappa shape index (κ3) is 1.85. The Labute approximate surface area is 101 Å². The van der Waals surface area contributed by atoms with Crippen molar-refractivity contribution in [1.82, 2.24) is 0 Å². The van der Waals surface area contributed by atoms with Crippen LogP contribution >= 0.6 is 0 Å². The average molecular weight is 225 g/mol. The minimum Gasteiger partial charge on any atom is -0.366 e. The van der Waals surface area contributed by atoms with Gasteiger partial charge in [0.05, 0.1) is 24.1 Å². The maximum atomic E-state index is 6.26. The molecule has 86 valence electrons. The van der Waals surface area contributed by atoms with E-state index in [0.29, 0.717) is 0 Å². The molecule has 1 aliphatic rings. The molecular weight excluding hydrogens is 210 g/mol. The molecule has 0 radical (unpaired) electrons. The number of nitrogens with one attached hydrogen (secondary N) is 2. The molecule has 1 heterocycles. The van der Waals surface area contributed by atoms with E-state index in [1.54, 1.807) is 0 Å². The van der Waals surface area contributed by atoms with E-state index in [9.17, 15) is 0 Å². The van der Waals surface area contributed by atoms with Gasteiger partial charge in [-0.15, -0.1) is 0 Å². The maximum absolute atomic E-state index is 6.26. The summed E-state index contributed by atoms with van der Waals surface area (Å²) in [5.41, 5.74) is 10.8. The van der Waals surface area contributed by atoms with Crippen LogP contribution in [-0.4, -0.2) is 6.67 Å². The van der Waals surface area contributed by atoms with Crippen LogP contribution in [0.1, 0.15) is 17.2 Å². The summed E-state index contributed by atoms with van der Waals surface area (Å²) in [5, 5.41) is 6.53. The lowest BCUT2D eigenvalue weighted by Crippen LogP contribution is -2.11. The van der Waals surface area contributed by atoms with Gasteiger partial charge in [-0.25, -0.2) is 0 Å². The molecule has 0 saturated carbocycles. The van der Waals surface area contributed by atoms with Gasteiger partial charge in [0, 0.05) is 0 Å². The van der Waals surface area contributed by atoms with E-state index >= 15 is 0 Å². The van der Waals surface area contributed by atoms with E-state index in [1.807, 2.05) is 18.2 Å². The van der Waals surface area contributed by atoms with Crippen molar-refractivity contribution in [2.75, 3.05) is 17.3 Å². The Bertz CT molecular complexity index is 522. The molecule has 4 N–H and O–H groups in total. The summed E-state index contributed by atoms with van der Waals surface area (Å²) < 4.78 is 0. The first kappa shape index (κ1) is 10.2. The maximum Gasteiger partial charge on any atom is 0.0850 e. The molecule has 3 nitrogen and oxygen atoms in total. The molecule has 3 heteroatoms.